The molecule has 0 aromatic heterocycles. The molecule has 0 radical (unpaired) electrons. The highest BCUT2D eigenvalue weighted by Crippen LogP contribution is 2.44. The Morgan fingerprint density at radius 2 is 1.75 bits per heavy atom. The van der Waals surface area contributed by atoms with E-state index in [1.54, 1.807) is 0 Å². The third-order valence-corrected chi connectivity index (χ3v) is 4.42. The normalized spacial score (nSPS) is 16.7. The average Bonchev–Trinajstić information content (AvgIpc) is 2.92. The van der Waals surface area contributed by atoms with Crippen molar-refractivity contribution in [3.05, 3.63) is 70.8 Å². The van der Waals surface area contributed by atoms with Crippen molar-refractivity contribution in [2.24, 2.45) is 0 Å². The summed E-state index contributed by atoms with van der Waals surface area (Å²) in [6.45, 7) is 4.07. The van der Waals surface area contributed by atoms with Gasteiger partial charge in [0.15, 0.2) is 0 Å². The minimum atomic E-state index is -0.803. The van der Waals surface area contributed by atoms with E-state index in [1.807, 2.05) is 50.2 Å². The zero-order valence-electron chi connectivity index (χ0n) is 14.2. The van der Waals surface area contributed by atoms with Crippen molar-refractivity contribution in [1.29, 1.82) is 0 Å². The summed E-state index contributed by atoms with van der Waals surface area (Å²) < 4.78 is 5.40. The van der Waals surface area contributed by atoms with Crippen molar-refractivity contribution in [3.63, 3.8) is 0 Å². The number of benzene rings is 2. The second-order valence-corrected chi connectivity index (χ2v) is 6.83. The molecule has 24 heavy (non-hydrogen) atoms. The molecule has 2 N–H and O–H groups in total. The molecule has 1 unspecified atom stereocenters. The molecule has 2 aromatic carbocycles. The van der Waals surface area contributed by atoms with E-state index >= 15 is 0 Å². The standard InChI is InChI=1S/C21H24O3/c1-21(2,23)20-17(14-16-5-3-4-6-19(16)20)13-15-7-9-18(10-8-15)24-12-11-22/h3-10,14,20,22-23H,11-13H2,1-2H3. The fourth-order valence-electron chi connectivity index (χ4n) is 3.48. The zero-order valence-corrected chi connectivity index (χ0v) is 14.2. The average molecular weight is 324 g/mol. The van der Waals surface area contributed by atoms with Crippen molar-refractivity contribution in [3.8, 4) is 5.75 Å². The molecule has 1 aliphatic rings. The molecule has 3 heteroatoms. The number of rotatable bonds is 6. The predicted molar refractivity (Wildman–Crippen MR) is 96.2 cm³/mol. The molecule has 1 atom stereocenters. The number of aliphatic hydroxyl groups excluding tert-OH is 1. The highest BCUT2D eigenvalue weighted by atomic mass is 16.5. The van der Waals surface area contributed by atoms with E-state index < -0.39 is 5.60 Å². The summed E-state index contributed by atoms with van der Waals surface area (Å²) in [5.74, 6) is 0.773. The minimum Gasteiger partial charge on any atom is -0.491 e. The monoisotopic (exact) mass is 324 g/mol. The Morgan fingerprint density at radius 1 is 1.04 bits per heavy atom. The van der Waals surface area contributed by atoms with Gasteiger partial charge in [0.1, 0.15) is 12.4 Å². The van der Waals surface area contributed by atoms with Gasteiger partial charge >= 0.3 is 0 Å². The Balaban J connectivity index is 1.81. The first-order valence-corrected chi connectivity index (χ1v) is 8.33. The van der Waals surface area contributed by atoms with Crippen molar-refractivity contribution < 1.29 is 14.9 Å². The van der Waals surface area contributed by atoms with Crippen molar-refractivity contribution in [1.82, 2.24) is 0 Å². The maximum Gasteiger partial charge on any atom is 0.119 e. The number of aliphatic hydroxyl groups is 2. The lowest BCUT2D eigenvalue weighted by molar-refractivity contribution is 0.0620. The lowest BCUT2D eigenvalue weighted by atomic mass is 9.80. The SMILES string of the molecule is CC(C)(O)C1C(Cc2ccc(OCCO)cc2)=Cc2ccccc21. The van der Waals surface area contributed by atoms with E-state index in [1.165, 1.54) is 22.3 Å². The third-order valence-electron chi connectivity index (χ3n) is 4.42. The van der Waals surface area contributed by atoms with Crippen LogP contribution in [0, 0.1) is 0 Å². The molecule has 0 spiro atoms. The second kappa shape index (κ2) is 6.80. The molecule has 0 saturated carbocycles. The van der Waals surface area contributed by atoms with Crippen molar-refractivity contribution >= 4 is 6.08 Å². The second-order valence-electron chi connectivity index (χ2n) is 6.83. The van der Waals surface area contributed by atoms with Crippen LogP contribution in [0.2, 0.25) is 0 Å². The number of fused-ring (bicyclic) bond motifs is 1. The van der Waals surface area contributed by atoms with E-state index in [0.29, 0.717) is 6.61 Å². The smallest absolute Gasteiger partial charge is 0.119 e. The summed E-state index contributed by atoms with van der Waals surface area (Å²) in [6, 6.07) is 16.2. The number of hydrogen-bond acceptors (Lipinski definition) is 3. The van der Waals surface area contributed by atoms with Gasteiger partial charge in [0.25, 0.3) is 0 Å². The Bertz CT molecular complexity index is 723. The van der Waals surface area contributed by atoms with Crippen LogP contribution in [0.5, 0.6) is 5.75 Å². The number of hydrogen-bond donors (Lipinski definition) is 2. The van der Waals surface area contributed by atoms with Crippen LogP contribution in [-0.4, -0.2) is 29.0 Å². The Morgan fingerprint density at radius 3 is 2.42 bits per heavy atom. The molecular weight excluding hydrogens is 300 g/mol. The lowest BCUT2D eigenvalue weighted by Gasteiger charge is -2.29. The molecule has 3 nitrogen and oxygen atoms in total. The molecule has 0 fully saturated rings. The lowest BCUT2D eigenvalue weighted by Crippen LogP contribution is -2.29. The van der Waals surface area contributed by atoms with Crippen LogP contribution in [0.15, 0.2) is 54.1 Å². The maximum atomic E-state index is 10.7. The highest BCUT2D eigenvalue weighted by Gasteiger charge is 2.35. The van der Waals surface area contributed by atoms with Gasteiger partial charge in [-0.25, -0.2) is 0 Å². The first kappa shape index (κ1) is 16.7. The first-order chi connectivity index (χ1) is 11.5. The van der Waals surface area contributed by atoms with Gasteiger partial charge in [0, 0.05) is 5.92 Å². The van der Waals surface area contributed by atoms with Gasteiger partial charge in [-0.05, 0) is 49.1 Å². The highest BCUT2D eigenvalue weighted by molar-refractivity contribution is 5.68. The van der Waals surface area contributed by atoms with Crippen LogP contribution in [0.1, 0.15) is 36.5 Å². The van der Waals surface area contributed by atoms with Crippen LogP contribution < -0.4 is 4.74 Å². The van der Waals surface area contributed by atoms with Crippen LogP contribution in [-0.2, 0) is 6.42 Å². The zero-order chi connectivity index (χ0) is 17.2. The van der Waals surface area contributed by atoms with Gasteiger partial charge in [-0.2, -0.15) is 0 Å². The quantitative estimate of drug-likeness (QED) is 0.854. The van der Waals surface area contributed by atoms with Gasteiger partial charge in [0.2, 0.25) is 0 Å². The summed E-state index contributed by atoms with van der Waals surface area (Å²) in [5, 5.41) is 19.5. The predicted octanol–water partition coefficient (Wildman–Crippen LogP) is 3.55. The van der Waals surface area contributed by atoms with Crippen LogP contribution in [0.4, 0.5) is 0 Å². The molecule has 0 saturated heterocycles. The van der Waals surface area contributed by atoms with E-state index in [-0.39, 0.29) is 12.5 Å². The van der Waals surface area contributed by atoms with Gasteiger partial charge in [-0.15, -0.1) is 0 Å². The maximum absolute atomic E-state index is 10.7. The van der Waals surface area contributed by atoms with Gasteiger partial charge in [0.05, 0.1) is 12.2 Å². The summed E-state index contributed by atoms with van der Waals surface area (Å²) in [5.41, 5.74) is 4.00. The number of ether oxygens (including phenoxy) is 1. The fraction of sp³-hybridized carbons (Fsp3) is 0.333. The molecule has 2 aromatic rings. The summed E-state index contributed by atoms with van der Waals surface area (Å²) in [4.78, 5) is 0. The molecular formula is C21H24O3. The summed E-state index contributed by atoms with van der Waals surface area (Å²) in [6.07, 6.45) is 3.00. The fourth-order valence-corrected chi connectivity index (χ4v) is 3.48. The van der Waals surface area contributed by atoms with E-state index in [0.717, 1.165) is 12.2 Å². The summed E-state index contributed by atoms with van der Waals surface area (Å²) in [7, 11) is 0. The molecule has 1 aliphatic carbocycles. The first-order valence-electron chi connectivity index (χ1n) is 8.33. The molecule has 0 heterocycles. The molecule has 0 bridgehead atoms. The molecule has 0 aliphatic heterocycles. The molecule has 3 rings (SSSR count). The van der Waals surface area contributed by atoms with Crippen LogP contribution >= 0.6 is 0 Å². The third kappa shape index (κ3) is 3.53. The largest absolute Gasteiger partial charge is 0.491 e. The Labute approximate surface area is 143 Å². The van der Waals surface area contributed by atoms with Crippen LogP contribution in [0.3, 0.4) is 0 Å². The minimum absolute atomic E-state index is 0.0130. The topological polar surface area (TPSA) is 49.7 Å². The van der Waals surface area contributed by atoms with Gasteiger partial charge < -0.3 is 14.9 Å². The van der Waals surface area contributed by atoms with E-state index in [4.69, 9.17) is 9.84 Å². The van der Waals surface area contributed by atoms with Crippen molar-refractivity contribution in [2.75, 3.05) is 13.2 Å². The van der Waals surface area contributed by atoms with Gasteiger partial charge in [-0.1, -0.05) is 48.0 Å². The Kier molecular flexibility index (Phi) is 4.74. The van der Waals surface area contributed by atoms with Gasteiger partial charge in [-0.3, -0.25) is 0 Å². The Hall–Kier alpha value is -2.10. The summed E-state index contributed by atoms with van der Waals surface area (Å²) >= 11 is 0. The van der Waals surface area contributed by atoms with E-state index in [2.05, 4.69) is 18.2 Å². The van der Waals surface area contributed by atoms with E-state index in [9.17, 15) is 5.11 Å². The van der Waals surface area contributed by atoms with Crippen LogP contribution in [0.25, 0.3) is 6.08 Å². The molecule has 126 valence electrons. The molecule has 0 amide bonds. The van der Waals surface area contributed by atoms with Crippen molar-refractivity contribution in [2.45, 2.75) is 31.8 Å².